The first-order valence-corrected chi connectivity index (χ1v) is 5.40. The van der Waals surface area contributed by atoms with Crippen molar-refractivity contribution in [3.05, 3.63) is 16.5 Å². The quantitative estimate of drug-likeness (QED) is 0.797. The highest BCUT2D eigenvalue weighted by Gasteiger charge is 2.17. The Morgan fingerprint density at radius 2 is 2.44 bits per heavy atom. The number of hydrogen-bond acceptors (Lipinski definition) is 6. The van der Waals surface area contributed by atoms with Crippen LogP contribution in [0.4, 0.5) is 0 Å². The molecule has 0 aromatic carbocycles. The summed E-state index contributed by atoms with van der Waals surface area (Å²) in [5.74, 6) is -0.538. The number of ether oxygens (including phenoxy) is 2. The maximum atomic E-state index is 11.3. The van der Waals surface area contributed by atoms with Gasteiger partial charge in [0.05, 0.1) is 12.7 Å². The van der Waals surface area contributed by atoms with Gasteiger partial charge in [-0.15, -0.1) is 0 Å². The molecule has 0 saturated heterocycles. The van der Waals surface area contributed by atoms with Crippen molar-refractivity contribution >= 4 is 17.3 Å². The lowest BCUT2D eigenvalue weighted by Crippen LogP contribution is -2.23. The molecule has 1 heterocycles. The standard InChI is InChI=1S/C10H12N2O3S/c1-6(12)5-15-9-3-7(10(13)14-2)8(4-11)16-9/h3,6H,5,12H2,1-2H3/t6-/m0/s1. The molecule has 0 saturated carbocycles. The van der Waals surface area contributed by atoms with Crippen LogP contribution >= 0.6 is 11.3 Å². The molecule has 16 heavy (non-hydrogen) atoms. The molecule has 0 aliphatic heterocycles. The van der Waals surface area contributed by atoms with E-state index in [0.29, 0.717) is 11.7 Å². The number of thiophene rings is 1. The van der Waals surface area contributed by atoms with Gasteiger partial charge >= 0.3 is 5.97 Å². The third kappa shape index (κ3) is 2.95. The minimum atomic E-state index is -0.538. The van der Waals surface area contributed by atoms with Crippen molar-refractivity contribution in [3.63, 3.8) is 0 Å². The van der Waals surface area contributed by atoms with Gasteiger partial charge in [-0.1, -0.05) is 11.3 Å². The number of methoxy groups -OCH3 is 1. The molecule has 1 rings (SSSR count). The van der Waals surface area contributed by atoms with Crippen molar-refractivity contribution in [1.29, 1.82) is 5.26 Å². The zero-order valence-electron chi connectivity index (χ0n) is 9.02. The molecule has 1 aromatic rings. The van der Waals surface area contributed by atoms with Crippen LogP contribution in [0.5, 0.6) is 5.06 Å². The third-order valence-electron chi connectivity index (χ3n) is 1.70. The normalized spacial score (nSPS) is 11.6. The van der Waals surface area contributed by atoms with Crippen LogP contribution < -0.4 is 10.5 Å². The van der Waals surface area contributed by atoms with Crippen LogP contribution in [0.3, 0.4) is 0 Å². The van der Waals surface area contributed by atoms with Crippen LogP contribution in [-0.2, 0) is 4.74 Å². The van der Waals surface area contributed by atoms with Crippen LogP contribution in [0.25, 0.3) is 0 Å². The fourth-order valence-electron chi connectivity index (χ4n) is 0.998. The molecule has 0 radical (unpaired) electrons. The average Bonchev–Trinajstić information content (AvgIpc) is 2.68. The Labute approximate surface area is 97.4 Å². The number of hydrogen-bond donors (Lipinski definition) is 1. The summed E-state index contributed by atoms with van der Waals surface area (Å²) in [6, 6.07) is 3.32. The van der Waals surface area contributed by atoms with E-state index in [1.807, 2.05) is 6.07 Å². The van der Waals surface area contributed by atoms with Crippen LogP contribution in [0, 0.1) is 11.3 Å². The van der Waals surface area contributed by atoms with Gasteiger partial charge in [-0.2, -0.15) is 5.26 Å². The van der Waals surface area contributed by atoms with Gasteiger partial charge < -0.3 is 15.2 Å². The molecule has 0 aliphatic carbocycles. The Bertz CT molecular complexity index is 420. The first kappa shape index (κ1) is 12.5. The SMILES string of the molecule is COC(=O)c1cc(OC[C@H](C)N)sc1C#N. The number of esters is 1. The summed E-state index contributed by atoms with van der Waals surface area (Å²) in [6.45, 7) is 2.14. The van der Waals surface area contributed by atoms with Crippen LogP contribution in [-0.4, -0.2) is 25.7 Å². The Hall–Kier alpha value is -1.58. The summed E-state index contributed by atoms with van der Waals surface area (Å²) in [5.41, 5.74) is 5.76. The lowest BCUT2D eigenvalue weighted by atomic mass is 10.3. The summed E-state index contributed by atoms with van der Waals surface area (Å²) in [7, 11) is 1.27. The van der Waals surface area contributed by atoms with Gasteiger partial charge in [0.1, 0.15) is 17.6 Å². The molecular formula is C10H12N2O3S. The summed E-state index contributed by atoms with van der Waals surface area (Å²) < 4.78 is 9.87. The zero-order chi connectivity index (χ0) is 12.1. The molecule has 5 nitrogen and oxygen atoms in total. The van der Waals surface area contributed by atoms with Crippen molar-refractivity contribution in [2.45, 2.75) is 13.0 Å². The van der Waals surface area contributed by atoms with E-state index in [-0.39, 0.29) is 16.5 Å². The van der Waals surface area contributed by atoms with E-state index < -0.39 is 5.97 Å². The van der Waals surface area contributed by atoms with Gasteiger partial charge in [0.15, 0.2) is 5.06 Å². The molecule has 0 amide bonds. The Balaban J connectivity index is 2.87. The predicted molar refractivity (Wildman–Crippen MR) is 59.5 cm³/mol. The number of rotatable bonds is 4. The minimum Gasteiger partial charge on any atom is -0.482 e. The summed E-state index contributed by atoms with van der Waals surface area (Å²) in [4.78, 5) is 11.6. The van der Waals surface area contributed by atoms with Gasteiger partial charge in [0, 0.05) is 12.1 Å². The number of nitrogens with two attached hydrogens (primary N) is 1. The second kappa shape index (κ2) is 5.49. The van der Waals surface area contributed by atoms with E-state index in [4.69, 9.17) is 15.7 Å². The molecule has 0 fully saturated rings. The molecule has 0 bridgehead atoms. The van der Waals surface area contributed by atoms with Crippen LogP contribution in [0.1, 0.15) is 22.2 Å². The highest BCUT2D eigenvalue weighted by molar-refractivity contribution is 7.14. The van der Waals surface area contributed by atoms with Gasteiger partial charge in [-0.05, 0) is 6.92 Å². The van der Waals surface area contributed by atoms with E-state index in [1.165, 1.54) is 13.2 Å². The molecule has 1 atom stereocenters. The smallest absolute Gasteiger partial charge is 0.340 e. The first-order valence-electron chi connectivity index (χ1n) is 4.59. The zero-order valence-corrected chi connectivity index (χ0v) is 9.84. The van der Waals surface area contributed by atoms with E-state index >= 15 is 0 Å². The van der Waals surface area contributed by atoms with Crippen molar-refractivity contribution in [1.82, 2.24) is 0 Å². The number of nitrogens with zero attached hydrogens (tertiary/aromatic N) is 1. The highest BCUT2D eigenvalue weighted by atomic mass is 32.1. The molecule has 2 N–H and O–H groups in total. The summed E-state index contributed by atoms with van der Waals surface area (Å²) in [6.07, 6.45) is 0. The third-order valence-corrected chi connectivity index (χ3v) is 2.66. The highest BCUT2D eigenvalue weighted by Crippen LogP contribution is 2.29. The maximum absolute atomic E-state index is 11.3. The molecular weight excluding hydrogens is 228 g/mol. The van der Waals surface area contributed by atoms with E-state index in [9.17, 15) is 4.79 Å². The monoisotopic (exact) mass is 240 g/mol. The largest absolute Gasteiger partial charge is 0.482 e. The second-order valence-electron chi connectivity index (χ2n) is 3.20. The van der Waals surface area contributed by atoms with Gasteiger partial charge in [-0.3, -0.25) is 0 Å². The van der Waals surface area contributed by atoms with Crippen molar-refractivity contribution < 1.29 is 14.3 Å². The molecule has 6 heteroatoms. The summed E-state index contributed by atoms with van der Waals surface area (Å²) >= 11 is 1.11. The van der Waals surface area contributed by atoms with E-state index in [0.717, 1.165) is 11.3 Å². The van der Waals surface area contributed by atoms with Crippen molar-refractivity contribution in [2.24, 2.45) is 5.73 Å². The number of nitriles is 1. The second-order valence-corrected chi connectivity index (χ2v) is 4.21. The summed E-state index contributed by atoms with van der Waals surface area (Å²) in [5, 5.41) is 9.32. The molecule has 0 spiro atoms. The van der Waals surface area contributed by atoms with Gasteiger partial charge in [0.25, 0.3) is 0 Å². The van der Waals surface area contributed by atoms with Gasteiger partial charge in [-0.25, -0.2) is 4.79 Å². The lowest BCUT2D eigenvalue weighted by molar-refractivity contribution is 0.0600. The maximum Gasteiger partial charge on any atom is 0.340 e. The molecule has 1 aromatic heterocycles. The van der Waals surface area contributed by atoms with Crippen LogP contribution in [0.2, 0.25) is 0 Å². The Kier molecular flexibility index (Phi) is 4.28. The Morgan fingerprint density at radius 3 is 2.94 bits per heavy atom. The van der Waals surface area contributed by atoms with Gasteiger partial charge in [0.2, 0.25) is 0 Å². The minimum absolute atomic E-state index is 0.103. The fraction of sp³-hybridized carbons (Fsp3) is 0.400. The van der Waals surface area contributed by atoms with Crippen molar-refractivity contribution in [3.8, 4) is 11.1 Å². The first-order chi connectivity index (χ1) is 7.58. The van der Waals surface area contributed by atoms with Crippen LogP contribution in [0.15, 0.2) is 6.07 Å². The van der Waals surface area contributed by atoms with E-state index in [2.05, 4.69) is 4.74 Å². The molecule has 0 aliphatic rings. The fourth-order valence-corrected chi connectivity index (χ4v) is 1.80. The molecule has 0 unspecified atom stereocenters. The number of carbonyl (C=O) groups excluding carboxylic acids is 1. The van der Waals surface area contributed by atoms with Crippen molar-refractivity contribution in [2.75, 3.05) is 13.7 Å². The van der Waals surface area contributed by atoms with E-state index in [1.54, 1.807) is 6.92 Å². The lowest BCUT2D eigenvalue weighted by Gasteiger charge is -2.04. The topological polar surface area (TPSA) is 85.3 Å². The number of carbonyl (C=O) groups is 1. The predicted octanol–water partition coefficient (Wildman–Crippen LogP) is 1.13. The average molecular weight is 240 g/mol. The Morgan fingerprint density at radius 1 is 1.75 bits per heavy atom. The molecule has 86 valence electrons.